The van der Waals surface area contributed by atoms with E-state index in [1.165, 1.54) is 0 Å². The summed E-state index contributed by atoms with van der Waals surface area (Å²) in [7, 11) is 0. The number of aliphatic hydroxyl groups excluding tert-OH is 1. The van der Waals surface area contributed by atoms with Gasteiger partial charge in [0.05, 0.1) is 6.61 Å². The summed E-state index contributed by atoms with van der Waals surface area (Å²) < 4.78 is 0. The highest BCUT2D eigenvalue weighted by Crippen LogP contribution is 2.19. The molecular weight excluding hydrogens is 280 g/mol. The van der Waals surface area contributed by atoms with E-state index in [0.29, 0.717) is 12.1 Å². The van der Waals surface area contributed by atoms with Crippen molar-refractivity contribution < 1.29 is 14.7 Å². The number of amides is 2. The van der Waals surface area contributed by atoms with E-state index in [-0.39, 0.29) is 13.2 Å². The van der Waals surface area contributed by atoms with Crippen LogP contribution in [-0.4, -0.2) is 30.1 Å². The van der Waals surface area contributed by atoms with Gasteiger partial charge in [0.15, 0.2) is 0 Å². The average Bonchev–Trinajstić information content (AvgIpc) is 2.55. The summed E-state index contributed by atoms with van der Waals surface area (Å²) in [6.45, 7) is -0.151. The number of hydrogen-bond acceptors (Lipinski definition) is 3. The van der Waals surface area contributed by atoms with Crippen molar-refractivity contribution in [3.63, 3.8) is 0 Å². The van der Waals surface area contributed by atoms with E-state index in [1.807, 2.05) is 42.5 Å². The van der Waals surface area contributed by atoms with Crippen LogP contribution in [0.15, 0.2) is 54.6 Å². The Balaban J connectivity index is 2.08. The second-order valence-electron chi connectivity index (χ2n) is 4.75. The maximum Gasteiger partial charge on any atom is 0.313 e. The highest BCUT2D eigenvalue weighted by Gasteiger charge is 2.14. The van der Waals surface area contributed by atoms with Gasteiger partial charge in [-0.25, -0.2) is 0 Å². The van der Waals surface area contributed by atoms with Gasteiger partial charge in [-0.2, -0.15) is 0 Å². The lowest BCUT2D eigenvalue weighted by Gasteiger charge is -2.11. The third-order valence-electron chi connectivity index (χ3n) is 3.11. The fraction of sp³-hybridized carbons (Fsp3) is 0.176. The SMILES string of the molecule is O=C(NCCO)C(=O)Nc1ccccc1Cc1ccccc1. The van der Waals surface area contributed by atoms with E-state index in [4.69, 9.17) is 5.11 Å². The van der Waals surface area contributed by atoms with Crippen molar-refractivity contribution in [2.24, 2.45) is 0 Å². The van der Waals surface area contributed by atoms with Gasteiger partial charge in [0, 0.05) is 12.2 Å². The Bertz CT molecular complexity index is 641. The summed E-state index contributed by atoms with van der Waals surface area (Å²) >= 11 is 0. The number of carbonyl (C=O) groups excluding carboxylic acids is 2. The number of anilines is 1. The molecule has 0 saturated carbocycles. The van der Waals surface area contributed by atoms with Crippen LogP contribution in [0.4, 0.5) is 5.69 Å². The first-order valence-electron chi connectivity index (χ1n) is 7.02. The molecular formula is C17H18N2O3. The molecule has 2 aromatic carbocycles. The van der Waals surface area contributed by atoms with E-state index in [2.05, 4.69) is 10.6 Å². The minimum atomic E-state index is -0.761. The number of benzene rings is 2. The fourth-order valence-electron chi connectivity index (χ4n) is 2.04. The Morgan fingerprint density at radius 2 is 1.59 bits per heavy atom. The summed E-state index contributed by atoms with van der Waals surface area (Å²) in [5.41, 5.74) is 2.65. The van der Waals surface area contributed by atoms with E-state index in [0.717, 1.165) is 11.1 Å². The molecule has 0 heterocycles. The third-order valence-corrected chi connectivity index (χ3v) is 3.11. The molecule has 0 bridgehead atoms. The Morgan fingerprint density at radius 1 is 0.909 bits per heavy atom. The van der Waals surface area contributed by atoms with Crippen LogP contribution in [0.3, 0.4) is 0 Å². The predicted octanol–water partition coefficient (Wildman–Crippen LogP) is 1.32. The summed E-state index contributed by atoms with van der Waals surface area (Å²) in [4.78, 5) is 23.4. The molecule has 3 N–H and O–H groups in total. The lowest BCUT2D eigenvalue weighted by molar-refractivity contribution is -0.136. The molecule has 0 saturated heterocycles. The smallest absolute Gasteiger partial charge is 0.313 e. The Hall–Kier alpha value is -2.66. The van der Waals surface area contributed by atoms with Gasteiger partial charge in [-0.1, -0.05) is 48.5 Å². The highest BCUT2D eigenvalue weighted by molar-refractivity contribution is 6.39. The molecule has 0 aliphatic rings. The third kappa shape index (κ3) is 4.43. The summed E-state index contributed by atoms with van der Waals surface area (Å²) in [6.07, 6.45) is 0.662. The molecule has 0 radical (unpaired) electrons. The fourth-order valence-corrected chi connectivity index (χ4v) is 2.04. The molecule has 5 heteroatoms. The number of carbonyl (C=O) groups is 2. The van der Waals surface area contributed by atoms with Crippen LogP contribution in [0.1, 0.15) is 11.1 Å². The lowest BCUT2D eigenvalue weighted by atomic mass is 10.0. The Kier molecular flexibility index (Phi) is 5.68. The van der Waals surface area contributed by atoms with Crippen molar-refractivity contribution in [3.05, 3.63) is 65.7 Å². The zero-order chi connectivity index (χ0) is 15.8. The van der Waals surface area contributed by atoms with Crippen LogP contribution in [0.5, 0.6) is 0 Å². The molecule has 0 aromatic heterocycles. The maximum absolute atomic E-state index is 11.8. The molecule has 0 aliphatic carbocycles. The summed E-state index contributed by atoms with van der Waals surface area (Å²) in [5, 5.41) is 13.6. The van der Waals surface area contributed by atoms with E-state index in [1.54, 1.807) is 12.1 Å². The first-order chi connectivity index (χ1) is 10.7. The maximum atomic E-state index is 11.8. The predicted molar refractivity (Wildman–Crippen MR) is 84.4 cm³/mol. The van der Waals surface area contributed by atoms with Crippen molar-refractivity contribution >= 4 is 17.5 Å². The zero-order valence-corrected chi connectivity index (χ0v) is 12.1. The molecule has 0 aliphatic heterocycles. The van der Waals surface area contributed by atoms with Gasteiger partial charge in [-0.15, -0.1) is 0 Å². The second-order valence-corrected chi connectivity index (χ2v) is 4.75. The van der Waals surface area contributed by atoms with Crippen LogP contribution in [0.25, 0.3) is 0 Å². The molecule has 2 aromatic rings. The number of aliphatic hydroxyl groups is 1. The highest BCUT2D eigenvalue weighted by atomic mass is 16.3. The number of hydrogen-bond donors (Lipinski definition) is 3. The number of para-hydroxylation sites is 1. The van der Waals surface area contributed by atoms with Crippen LogP contribution in [-0.2, 0) is 16.0 Å². The zero-order valence-electron chi connectivity index (χ0n) is 12.1. The minimum Gasteiger partial charge on any atom is -0.395 e. The molecule has 0 unspecified atom stereocenters. The topological polar surface area (TPSA) is 78.4 Å². The normalized spacial score (nSPS) is 10.0. The minimum absolute atomic E-state index is 0.0535. The molecule has 2 rings (SSSR count). The van der Waals surface area contributed by atoms with Crippen LogP contribution >= 0.6 is 0 Å². The van der Waals surface area contributed by atoms with Crippen LogP contribution in [0, 0.1) is 0 Å². The van der Waals surface area contributed by atoms with E-state index < -0.39 is 11.8 Å². The second kappa shape index (κ2) is 7.95. The largest absolute Gasteiger partial charge is 0.395 e. The first-order valence-corrected chi connectivity index (χ1v) is 7.02. The van der Waals surface area contributed by atoms with E-state index in [9.17, 15) is 9.59 Å². The van der Waals surface area contributed by atoms with E-state index >= 15 is 0 Å². The van der Waals surface area contributed by atoms with Gasteiger partial charge in [0.2, 0.25) is 0 Å². The number of nitrogens with one attached hydrogen (secondary N) is 2. The van der Waals surface area contributed by atoms with Crippen LogP contribution in [0.2, 0.25) is 0 Å². The Labute approximate surface area is 129 Å². The van der Waals surface area contributed by atoms with Gasteiger partial charge >= 0.3 is 11.8 Å². The molecule has 22 heavy (non-hydrogen) atoms. The molecule has 0 spiro atoms. The van der Waals surface area contributed by atoms with Crippen molar-refractivity contribution in [1.82, 2.24) is 5.32 Å². The van der Waals surface area contributed by atoms with Gasteiger partial charge in [0.25, 0.3) is 0 Å². The molecule has 5 nitrogen and oxygen atoms in total. The molecule has 114 valence electrons. The molecule has 2 amide bonds. The summed E-state index contributed by atoms with van der Waals surface area (Å²) in [6, 6.07) is 17.2. The quantitative estimate of drug-likeness (QED) is 0.729. The lowest BCUT2D eigenvalue weighted by Crippen LogP contribution is -2.37. The monoisotopic (exact) mass is 298 g/mol. The molecule has 0 fully saturated rings. The van der Waals surface area contributed by atoms with Gasteiger partial charge in [-0.3, -0.25) is 9.59 Å². The van der Waals surface area contributed by atoms with Crippen molar-refractivity contribution in [2.45, 2.75) is 6.42 Å². The average molecular weight is 298 g/mol. The van der Waals surface area contributed by atoms with Gasteiger partial charge in [0.1, 0.15) is 0 Å². The standard InChI is InChI=1S/C17H18N2O3/c20-11-10-18-16(21)17(22)19-15-9-5-4-8-14(15)12-13-6-2-1-3-7-13/h1-9,20H,10-12H2,(H,18,21)(H,19,22). The van der Waals surface area contributed by atoms with Gasteiger partial charge < -0.3 is 15.7 Å². The van der Waals surface area contributed by atoms with Gasteiger partial charge in [-0.05, 0) is 23.6 Å². The Morgan fingerprint density at radius 3 is 2.32 bits per heavy atom. The summed E-state index contributed by atoms with van der Waals surface area (Å²) in [5.74, 6) is -1.50. The van der Waals surface area contributed by atoms with Crippen molar-refractivity contribution in [3.8, 4) is 0 Å². The molecule has 0 atom stereocenters. The first kappa shape index (κ1) is 15.7. The van der Waals surface area contributed by atoms with Crippen LogP contribution < -0.4 is 10.6 Å². The van der Waals surface area contributed by atoms with Crippen molar-refractivity contribution in [1.29, 1.82) is 0 Å². The number of rotatable bonds is 5. The van der Waals surface area contributed by atoms with Crippen molar-refractivity contribution in [2.75, 3.05) is 18.5 Å².